The van der Waals surface area contributed by atoms with Crippen LogP contribution in [0.5, 0.6) is 0 Å². The molecular formula is C25H27N3O3. The van der Waals surface area contributed by atoms with Crippen molar-refractivity contribution in [1.82, 2.24) is 14.8 Å². The predicted octanol–water partition coefficient (Wildman–Crippen LogP) is 3.43. The minimum atomic E-state index is -0.321. The summed E-state index contributed by atoms with van der Waals surface area (Å²) in [5.74, 6) is 0.240. The molecule has 2 aliphatic rings. The van der Waals surface area contributed by atoms with Gasteiger partial charge in [-0.25, -0.2) is 4.79 Å². The lowest BCUT2D eigenvalue weighted by Gasteiger charge is -2.24. The number of hydrogen-bond donors (Lipinski definition) is 0. The van der Waals surface area contributed by atoms with Crippen LogP contribution >= 0.6 is 0 Å². The first kappa shape index (κ1) is 19.9. The van der Waals surface area contributed by atoms with Gasteiger partial charge in [0, 0.05) is 37.3 Å². The van der Waals surface area contributed by atoms with Gasteiger partial charge in [-0.05, 0) is 74.2 Å². The van der Waals surface area contributed by atoms with E-state index < -0.39 is 0 Å². The van der Waals surface area contributed by atoms with Crippen LogP contribution in [0.2, 0.25) is 0 Å². The zero-order valence-electron chi connectivity index (χ0n) is 18.1. The van der Waals surface area contributed by atoms with Crippen molar-refractivity contribution in [2.45, 2.75) is 39.8 Å². The number of pyridine rings is 1. The fraction of sp³-hybridized carbons (Fsp3) is 0.400. The highest BCUT2D eigenvalue weighted by Crippen LogP contribution is 2.41. The van der Waals surface area contributed by atoms with E-state index in [0.717, 1.165) is 54.7 Å². The molecule has 6 heteroatoms. The number of carbonyl (C=O) groups excluding carboxylic acids is 1. The maximum atomic E-state index is 13.3. The molecule has 2 aromatic heterocycles. The van der Waals surface area contributed by atoms with Gasteiger partial charge in [0.25, 0.3) is 0 Å². The highest BCUT2D eigenvalue weighted by Gasteiger charge is 2.50. The van der Waals surface area contributed by atoms with Gasteiger partial charge in [-0.2, -0.15) is 0 Å². The van der Waals surface area contributed by atoms with Gasteiger partial charge in [-0.3, -0.25) is 14.7 Å². The molecule has 1 unspecified atom stereocenters. The fourth-order valence-electron chi connectivity index (χ4n) is 5.06. The molecule has 6 nitrogen and oxygen atoms in total. The minimum absolute atomic E-state index is 0.240. The Morgan fingerprint density at radius 3 is 2.65 bits per heavy atom. The SMILES string of the molecule is Cc1cc2oc(=O)cc(CN3CCC4(CCN(Cc5ccccn5)C4=O)C3)c2cc1C. The second-order valence-electron chi connectivity index (χ2n) is 9.06. The number of aryl methyl sites for hydroxylation is 2. The highest BCUT2D eigenvalue weighted by atomic mass is 16.4. The van der Waals surface area contributed by atoms with E-state index in [1.165, 1.54) is 5.56 Å². The van der Waals surface area contributed by atoms with Crippen molar-refractivity contribution in [1.29, 1.82) is 0 Å². The largest absolute Gasteiger partial charge is 0.423 e. The van der Waals surface area contributed by atoms with Gasteiger partial charge in [0.05, 0.1) is 17.7 Å². The van der Waals surface area contributed by atoms with E-state index in [1.54, 1.807) is 12.3 Å². The highest BCUT2D eigenvalue weighted by molar-refractivity contribution is 5.85. The molecule has 2 saturated heterocycles. The predicted molar refractivity (Wildman–Crippen MR) is 119 cm³/mol. The van der Waals surface area contributed by atoms with E-state index in [1.807, 2.05) is 36.1 Å². The molecule has 1 aromatic carbocycles. The zero-order valence-corrected chi connectivity index (χ0v) is 18.1. The first-order chi connectivity index (χ1) is 14.9. The van der Waals surface area contributed by atoms with Crippen molar-refractivity contribution < 1.29 is 9.21 Å². The van der Waals surface area contributed by atoms with Crippen LogP contribution in [-0.2, 0) is 17.9 Å². The van der Waals surface area contributed by atoms with Crippen LogP contribution in [0.15, 0.2) is 51.8 Å². The maximum Gasteiger partial charge on any atom is 0.336 e. The average molecular weight is 418 g/mol. The number of hydrogen-bond acceptors (Lipinski definition) is 5. The van der Waals surface area contributed by atoms with Crippen LogP contribution < -0.4 is 5.63 Å². The summed E-state index contributed by atoms with van der Waals surface area (Å²) in [5, 5.41) is 0.984. The van der Waals surface area contributed by atoms with Crippen molar-refractivity contribution in [3.05, 3.63) is 75.4 Å². The van der Waals surface area contributed by atoms with E-state index in [-0.39, 0.29) is 16.9 Å². The van der Waals surface area contributed by atoms with Crippen LogP contribution in [0.3, 0.4) is 0 Å². The molecule has 0 bridgehead atoms. The monoisotopic (exact) mass is 417 g/mol. The Hall–Kier alpha value is -2.99. The van der Waals surface area contributed by atoms with E-state index >= 15 is 0 Å². The van der Waals surface area contributed by atoms with Gasteiger partial charge in [0.1, 0.15) is 5.58 Å². The topological polar surface area (TPSA) is 66.7 Å². The van der Waals surface area contributed by atoms with Crippen molar-refractivity contribution in [2.24, 2.45) is 5.41 Å². The van der Waals surface area contributed by atoms with Crippen LogP contribution in [0.25, 0.3) is 11.0 Å². The fourth-order valence-corrected chi connectivity index (χ4v) is 5.06. The molecule has 4 heterocycles. The van der Waals surface area contributed by atoms with Crippen molar-refractivity contribution in [3.63, 3.8) is 0 Å². The normalized spacial score (nSPS) is 21.6. The molecule has 5 rings (SSSR count). The van der Waals surface area contributed by atoms with E-state index in [0.29, 0.717) is 18.7 Å². The quantitative estimate of drug-likeness (QED) is 0.609. The molecule has 0 aliphatic carbocycles. The van der Waals surface area contributed by atoms with Crippen molar-refractivity contribution >= 4 is 16.9 Å². The standard InChI is InChI=1S/C25H27N3O3/c1-17-11-21-19(13-23(29)31-22(21)12-18(17)2)14-27-9-6-25(16-27)7-10-28(24(25)30)15-20-5-3-4-8-26-20/h3-5,8,11-13H,6-7,9-10,14-16H2,1-2H3. The summed E-state index contributed by atoms with van der Waals surface area (Å²) >= 11 is 0. The molecule has 2 fully saturated rings. The lowest BCUT2D eigenvalue weighted by Crippen LogP contribution is -2.36. The third-order valence-corrected chi connectivity index (χ3v) is 6.95. The van der Waals surface area contributed by atoms with Crippen LogP contribution in [0, 0.1) is 19.3 Å². The number of aromatic nitrogens is 1. The van der Waals surface area contributed by atoms with Gasteiger partial charge in [0.2, 0.25) is 5.91 Å². The Labute approximate surface area is 181 Å². The van der Waals surface area contributed by atoms with E-state index in [4.69, 9.17) is 4.42 Å². The Bertz CT molecular complexity index is 1200. The Kier molecular flexibility index (Phi) is 4.89. The van der Waals surface area contributed by atoms with Crippen LogP contribution in [-0.4, -0.2) is 40.3 Å². The lowest BCUT2D eigenvalue weighted by molar-refractivity contribution is -0.136. The molecule has 0 radical (unpaired) electrons. The number of carbonyl (C=O) groups is 1. The second-order valence-corrected chi connectivity index (χ2v) is 9.06. The van der Waals surface area contributed by atoms with Gasteiger partial charge in [-0.15, -0.1) is 0 Å². The maximum absolute atomic E-state index is 13.3. The Balaban J connectivity index is 1.34. The first-order valence-electron chi connectivity index (χ1n) is 10.9. The molecule has 1 atom stereocenters. The summed E-state index contributed by atoms with van der Waals surface area (Å²) < 4.78 is 5.44. The summed E-state index contributed by atoms with van der Waals surface area (Å²) in [5.41, 5.74) is 4.19. The molecule has 160 valence electrons. The molecule has 3 aromatic rings. The summed E-state index contributed by atoms with van der Waals surface area (Å²) in [6, 6.07) is 11.5. The third-order valence-electron chi connectivity index (χ3n) is 6.95. The van der Waals surface area contributed by atoms with Gasteiger partial charge in [0.15, 0.2) is 0 Å². The van der Waals surface area contributed by atoms with E-state index in [2.05, 4.69) is 22.9 Å². The molecule has 0 saturated carbocycles. The average Bonchev–Trinajstić information content (AvgIpc) is 3.29. The first-order valence-corrected chi connectivity index (χ1v) is 10.9. The van der Waals surface area contributed by atoms with Crippen LogP contribution in [0.1, 0.15) is 35.2 Å². The number of fused-ring (bicyclic) bond motifs is 1. The smallest absolute Gasteiger partial charge is 0.336 e. The lowest BCUT2D eigenvalue weighted by atomic mass is 9.85. The van der Waals surface area contributed by atoms with Gasteiger partial charge < -0.3 is 9.32 Å². The second kappa shape index (κ2) is 7.61. The van der Waals surface area contributed by atoms with Crippen molar-refractivity contribution in [2.75, 3.05) is 19.6 Å². The number of benzene rings is 1. The minimum Gasteiger partial charge on any atom is -0.423 e. The number of nitrogens with zero attached hydrogens (tertiary/aromatic N) is 3. The van der Waals surface area contributed by atoms with Gasteiger partial charge in [-0.1, -0.05) is 6.07 Å². The van der Waals surface area contributed by atoms with E-state index in [9.17, 15) is 9.59 Å². The third kappa shape index (κ3) is 3.65. The number of likely N-dealkylation sites (tertiary alicyclic amines) is 2. The molecule has 1 amide bonds. The van der Waals surface area contributed by atoms with Gasteiger partial charge >= 0.3 is 5.63 Å². The summed E-state index contributed by atoms with van der Waals surface area (Å²) in [6.45, 7) is 7.69. The number of amides is 1. The van der Waals surface area contributed by atoms with Crippen molar-refractivity contribution in [3.8, 4) is 0 Å². The Morgan fingerprint density at radius 2 is 1.84 bits per heavy atom. The summed E-state index contributed by atoms with van der Waals surface area (Å²) in [6.07, 6.45) is 3.51. The Morgan fingerprint density at radius 1 is 1.03 bits per heavy atom. The zero-order chi connectivity index (χ0) is 21.6. The molecule has 31 heavy (non-hydrogen) atoms. The molecule has 1 spiro atoms. The summed E-state index contributed by atoms with van der Waals surface area (Å²) in [7, 11) is 0. The molecule has 2 aliphatic heterocycles. The molecular weight excluding hydrogens is 390 g/mol. The summed E-state index contributed by atoms with van der Waals surface area (Å²) in [4.78, 5) is 34.1. The molecule has 0 N–H and O–H groups in total. The number of rotatable bonds is 4. The van der Waals surface area contributed by atoms with Crippen LogP contribution in [0.4, 0.5) is 0 Å².